The Hall–Kier alpha value is 1.87. The third-order valence-electron chi connectivity index (χ3n) is 1.07. The van der Waals surface area contributed by atoms with E-state index in [2.05, 4.69) is 39.1 Å². The molecule has 2 rings (SSSR count). The molecule has 1 aromatic heterocycles. The summed E-state index contributed by atoms with van der Waals surface area (Å²) in [6.07, 6.45) is 0. The van der Waals surface area contributed by atoms with Gasteiger partial charge >= 0.3 is 89.0 Å². The molecule has 0 atom stereocenters. The third-order valence-corrected chi connectivity index (χ3v) is 12.8. The summed E-state index contributed by atoms with van der Waals surface area (Å²) in [5.74, 6) is 2.68. The maximum atomic E-state index is 3.20. The van der Waals surface area contributed by atoms with Crippen LogP contribution in [0.2, 0.25) is 0 Å². The van der Waals surface area contributed by atoms with E-state index in [1.54, 1.807) is 9.35 Å². The van der Waals surface area contributed by atoms with Gasteiger partial charge in [0.25, 0.3) is 0 Å². The van der Waals surface area contributed by atoms with Crippen molar-refractivity contribution in [2.45, 2.75) is 7.54 Å². The molecule has 54 valence electrons. The van der Waals surface area contributed by atoms with E-state index in [9.17, 15) is 0 Å². The van der Waals surface area contributed by atoms with E-state index in [-0.39, 0.29) is 0 Å². The van der Waals surface area contributed by atoms with Crippen LogP contribution in [0.15, 0.2) is 7.54 Å². The maximum absolute atomic E-state index is 3.20. The molecule has 0 nitrogen and oxygen atoms in total. The zero-order valence-electron chi connectivity index (χ0n) is 4.96. The Morgan fingerprint density at radius 1 is 1.10 bits per heavy atom. The van der Waals surface area contributed by atoms with Crippen molar-refractivity contribution in [3.05, 3.63) is 1.81 Å². The van der Waals surface area contributed by atoms with Gasteiger partial charge in [0.15, 0.2) is 0 Å². The third kappa shape index (κ3) is 1.78. The Balaban J connectivity index is 2.50. The van der Waals surface area contributed by atoms with E-state index in [0.717, 1.165) is 29.0 Å². The van der Waals surface area contributed by atoms with Crippen molar-refractivity contribution in [2.24, 2.45) is 0 Å². The monoisotopic (exact) mass is 368 g/mol. The van der Waals surface area contributed by atoms with Gasteiger partial charge in [0, 0.05) is 0 Å². The minimum absolute atomic E-state index is 0.730. The van der Waals surface area contributed by atoms with Crippen molar-refractivity contribution in [2.75, 3.05) is 11.5 Å². The molecule has 0 bridgehead atoms. The number of hydrogen-bond donors (Lipinski definition) is 0. The van der Waals surface area contributed by atoms with E-state index in [4.69, 9.17) is 0 Å². The van der Waals surface area contributed by atoms with Gasteiger partial charge in [0.1, 0.15) is 0 Å². The fraction of sp³-hybridized carbons (Fsp3) is 0.400. The first kappa shape index (κ1) is 8.47. The Bertz CT molecular complexity index is 261. The second-order valence-electron chi connectivity index (χ2n) is 1.73. The van der Waals surface area contributed by atoms with Crippen molar-refractivity contribution in [1.29, 1.82) is 0 Å². The summed E-state index contributed by atoms with van der Waals surface area (Å²) in [4.78, 5) is 0. The zero-order chi connectivity index (χ0) is 6.97. The Labute approximate surface area is 88.0 Å². The SMILES string of the molecule is [Se]=c1[se]c2c([se]1)SCCS2. The van der Waals surface area contributed by atoms with Gasteiger partial charge in [-0.2, -0.15) is 0 Å². The summed E-state index contributed by atoms with van der Waals surface area (Å²) in [6.45, 7) is 0. The fourth-order valence-corrected chi connectivity index (χ4v) is 14.8. The van der Waals surface area contributed by atoms with Gasteiger partial charge < -0.3 is 0 Å². The van der Waals surface area contributed by atoms with E-state index in [0.29, 0.717) is 0 Å². The summed E-state index contributed by atoms with van der Waals surface area (Å²) < 4.78 is 5.13. The molecule has 0 unspecified atom stereocenters. The van der Waals surface area contributed by atoms with Crippen LogP contribution in [0, 0.1) is 1.81 Å². The Morgan fingerprint density at radius 3 is 2.10 bits per heavy atom. The van der Waals surface area contributed by atoms with Gasteiger partial charge in [-0.15, -0.1) is 0 Å². The molecule has 0 aromatic carbocycles. The van der Waals surface area contributed by atoms with E-state index < -0.39 is 0 Å². The molecule has 1 aliphatic heterocycles. The van der Waals surface area contributed by atoms with Crippen molar-refractivity contribution in [3.63, 3.8) is 0 Å². The van der Waals surface area contributed by atoms with Gasteiger partial charge in [-0.25, -0.2) is 0 Å². The van der Waals surface area contributed by atoms with Crippen LogP contribution < -0.4 is 0 Å². The summed E-state index contributed by atoms with van der Waals surface area (Å²) in [7, 11) is 0. The van der Waals surface area contributed by atoms with Gasteiger partial charge in [-0.05, 0) is 0 Å². The van der Waals surface area contributed by atoms with Crippen LogP contribution in [0.3, 0.4) is 0 Å². The molecule has 10 heavy (non-hydrogen) atoms. The first-order valence-electron chi connectivity index (χ1n) is 2.76. The number of thioether (sulfide) groups is 2. The van der Waals surface area contributed by atoms with Crippen LogP contribution in [-0.4, -0.2) is 56.1 Å². The molecule has 0 spiro atoms. The zero-order valence-corrected chi connectivity index (χ0v) is 11.7. The number of fused-ring (bicyclic) bond motifs is 1. The number of hydrogen-bond acceptors (Lipinski definition) is 2. The summed E-state index contributed by atoms with van der Waals surface area (Å²) in [5.41, 5.74) is 0. The van der Waals surface area contributed by atoms with Crippen LogP contribution in [0.25, 0.3) is 0 Å². The van der Waals surface area contributed by atoms with Crippen LogP contribution in [0.4, 0.5) is 0 Å². The van der Waals surface area contributed by atoms with E-state index in [1.165, 1.54) is 11.5 Å². The number of rotatable bonds is 0. The molecule has 0 radical (unpaired) electrons. The first-order valence-corrected chi connectivity index (χ1v) is 9.01. The van der Waals surface area contributed by atoms with Gasteiger partial charge in [0.05, 0.1) is 0 Å². The van der Waals surface area contributed by atoms with Gasteiger partial charge in [-0.1, -0.05) is 0 Å². The van der Waals surface area contributed by atoms with Crippen LogP contribution in [-0.2, 0) is 0 Å². The molecule has 2 heterocycles. The average Bonchev–Trinajstić information content (AvgIpc) is 2.27. The molecular formula is C5H4S2Se3. The fourth-order valence-electron chi connectivity index (χ4n) is 0.701. The molecule has 0 amide bonds. The molecule has 0 aliphatic carbocycles. The molecule has 1 aromatic rings. The summed E-state index contributed by atoms with van der Waals surface area (Å²) in [5, 5.41) is 0. The van der Waals surface area contributed by atoms with Crippen molar-refractivity contribution in [3.8, 4) is 0 Å². The molecule has 0 saturated carbocycles. The van der Waals surface area contributed by atoms with Gasteiger partial charge in [0.2, 0.25) is 0 Å². The molecule has 1 aliphatic rings. The predicted octanol–water partition coefficient (Wildman–Crippen LogP) is 0.699. The predicted molar refractivity (Wildman–Crippen MR) is 50.8 cm³/mol. The van der Waals surface area contributed by atoms with Crippen LogP contribution in [0.5, 0.6) is 0 Å². The van der Waals surface area contributed by atoms with Crippen LogP contribution >= 0.6 is 23.5 Å². The van der Waals surface area contributed by atoms with Crippen LogP contribution in [0.1, 0.15) is 0 Å². The minimum atomic E-state index is 0.730. The Morgan fingerprint density at radius 2 is 1.60 bits per heavy atom. The molecule has 0 saturated heterocycles. The van der Waals surface area contributed by atoms with Crippen molar-refractivity contribution < 1.29 is 0 Å². The summed E-state index contributed by atoms with van der Waals surface area (Å²) in [6, 6.07) is 0. The first-order chi connectivity index (χ1) is 4.86. The normalized spacial score (nSPS) is 16.8. The van der Waals surface area contributed by atoms with Crippen molar-refractivity contribution in [1.82, 2.24) is 0 Å². The summed E-state index contributed by atoms with van der Waals surface area (Å²) >= 11 is 8.86. The topological polar surface area (TPSA) is 0 Å². The van der Waals surface area contributed by atoms with E-state index >= 15 is 0 Å². The van der Waals surface area contributed by atoms with Gasteiger partial charge in [-0.3, -0.25) is 0 Å². The molecule has 5 heteroatoms. The second kappa shape index (κ2) is 3.72. The van der Waals surface area contributed by atoms with Crippen molar-refractivity contribution >= 4 is 68.1 Å². The molecule has 0 N–H and O–H groups in total. The average molecular weight is 365 g/mol. The quantitative estimate of drug-likeness (QED) is 0.621. The standard InChI is InChI=1S/C5H4S2Se3/c8-5-9-3-4(10-5)7-2-1-6-3/h1-2H2. The van der Waals surface area contributed by atoms with E-state index in [1.807, 2.05) is 0 Å². The second-order valence-corrected chi connectivity index (χ2v) is 14.2. The Kier molecular flexibility index (Phi) is 3.15. The molecular weight excluding hydrogens is 361 g/mol. The molecule has 0 fully saturated rings.